The zero-order valence-corrected chi connectivity index (χ0v) is 13.0. The van der Waals surface area contributed by atoms with Crippen molar-refractivity contribution < 1.29 is 40.1 Å². The lowest BCUT2D eigenvalue weighted by atomic mass is 9.86. The van der Waals surface area contributed by atoms with Crippen molar-refractivity contribution in [2.45, 2.75) is 61.9 Å². The molecule has 23 heavy (non-hydrogen) atoms. The van der Waals surface area contributed by atoms with Crippen molar-refractivity contribution in [3.05, 3.63) is 11.6 Å². The van der Waals surface area contributed by atoms with Crippen LogP contribution in [0.3, 0.4) is 0 Å². The van der Waals surface area contributed by atoms with Crippen molar-refractivity contribution in [2.24, 2.45) is 0 Å². The first kappa shape index (κ1) is 18.7. The van der Waals surface area contributed by atoms with Gasteiger partial charge >= 0.3 is 0 Å². The number of hydrogen-bond acceptors (Lipinski definition) is 9. The SMILES string of the molecule is COC1OC(C)C(NC2C=C(CO)C(O)C(O)C2O)C(O)C1O. The fourth-order valence-corrected chi connectivity index (χ4v) is 3.02. The molecule has 0 spiro atoms. The monoisotopic (exact) mass is 335 g/mol. The van der Waals surface area contributed by atoms with Gasteiger partial charge in [-0.3, -0.25) is 0 Å². The lowest BCUT2D eigenvalue weighted by Crippen LogP contribution is -2.66. The third-order valence-electron chi connectivity index (χ3n) is 4.47. The Morgan fingerprint density at radius 2 is 1.74 bits per heavy atom. The zero-order valence-electron chi connectivity index (χ0n) is 13.0. The molecule has 0 bridgehead atoms. The molecule has 0 aromatic rings. The molecule has 0 saturated carbocycles. The van der Waals surface area contributed by atoms with E-state index >= 15 is 0 Å². The van der Waals surface area contributed by atoms with Crippen LogP contribution in [0.5, 0.6) is 0 Å². The van der Waals surface area contributed by atoms with Gasteiger partial charge in [-0.15, -0.1) is 0 Å². The number of methoxy groups -OCH3 is 1. The van der Waals surface area contributed by atoms with Crippen molar-refractivity contribution in [3.63, 3.8) is 0 Å². The Balaban J connectivity index is 2.15. The van der Waals surface area contributed by atoms with E-state index in [4.69, 9.17) is 9.47 Å². The van der Waals surface area contributed by atoms with Crippen LogP contribution in [0.2, 0.25) is 0 Å². The normalized spacial score (nSPS) is 48.2. The molecule has 9 unspecified atom stereocenters. The zero-order chi connectivity index (χ0) is 17.3. The highest BCUT2D eigenvalue weighted by Gasteiger charge is 2.45. The Labute approximate surface area is 133 Å². The summed E-state index contributed by atoms with van der Waals surface area (Å²) in [5.74, 6) is 0. The van der Waals surface area contributed by atoms with Crippen LogP contribution >= 0.6 is 0 Å². The van der Waals surface area contributed by atoms with Crippen LogP contribution in [0.1, 0.15) is 6.92 Å². The van der Waals surface area contributed by atoms with Crippen LogP contribution in [0.25, 0.3) is 0 Å². The highest BCUT2D eigenvalue weighted by atomic mass is 16.7. The highest BCUT2D eigenvalue weighted by Crippen LogP contribution is 2.25. The Kier molecular flexibility index (Phi) is 6.11. The molecule has 9 atom stereocenters. The lowest BCUT2D eigenvalue weighted by Gasteiger charge is -2.44. The van der Waals surface area contributed by atoms with Crippen LogP contribution in [0.15, 0.2) is 11.6 Å². The molecule has 0 radical (unpaired) electrons. The largest absolute Gasteiger partial charge is 0.392 e. The van der Waals surface area contributed by atoms with Crippen molar-refractivity contribution in [2.75, 3.05) is 13.7 Å². The number of aliphatic hydroxyl groups excluding tert-OH is 6. The second-order valence-electron chi connectivity index (χ2n) is 5.97. The summed E-state index contributed by atoms with van der Waals surface area (Å²) >= 11 is 0. The maximum absolute atomic E-state index is 10.2. The topological polar surface area (TPSA) is 152 Å². The van der Waals surface area contributed by atoms with Crippen LogP contribution in [-0.2, 0) is 9.47 Å². The van der Waals surface area contributed by atoms with E-state index in [-0.39, 0.29) is 5.57 Å². The van der Waals surface area contributed by atoms with Crippen molar-refractivity contribution >= 4 is 0 Å². The van der Waals surface area contributed by atoms with E-state index in [2.05, 4.69) is 5.32 Å². The van der Waals surface area contributed by atoms with Crippen LogP contribution in [0.4, 0.5) is 0 Å². The minimum absolute atomic E-state index is 0.162. The van der Waals surface area contributed by atoms with Gasteiger partial charge < -0.3 is 45.4 Å². The predicted octanol–water partition coefficient (Wildman–Crippen LogP) is -3.56. The molecule has 134 valence electrons. The van der Waals surface area contributed by atoms with Crippen LogP contribution in [0, 0.1) is 0 Å². The number of nitrogens with one attached hydrogen (secondary N) is 1. The molecule has 1 saturated heterocycles. The fourth-order valence-electron chi connectivity index (χ4n) is 3.02. The Bertz CT molecular complexity index is 433. The second kappa shape index (κ2) is 7.51. The summed E-state index contributed by atoms with van der Waals surface area (Å²) in [6.07, 6.45) is -6.83. The van der Waals surface area contributed by atoms with E-state index in [0.29, 0.717) is 0 Å². The van der Waals surface area contributed by atoms with Crippen LogP contribution in [-0.4, -0.2) is 99.4 Å². The summed E-state index contributed by atoms with van der Waals surface area (Å²) in [6, 6.07) is -1.60. The molecule has 1 heterocycles. The summed E-state index contributed by atoms with van der Waals surface area (Å²) in [4.78, 5) is 0. The van der Waals surface area contributed by atoms with E-state index in [1.54, 1.807) is 6.92 Å². The average Bonchev–Trinajstić information content (AvgIpc) is 2.54. The molecule has 7 N–H and O–H groups in total. The number of ether oxygens (including phenoxy) is 2. The number of hydrogen-bond donors (Lipinski definition) is 7. The minimum atomic E-state index is -1.48. The Hall–Kier alpha value is -0.620. The molecule has 2 aliphatic rings. The van der Waals surface area contributed by atoms with E-state index < -0.39 is 61.6 Å². The molecule has 0 aromatic carbocycles. The van der Waals surface area contributed by atoms with Gasteiger partial charge in [0.15, 0.2) is 6.29 Å². The summed E-state index contributed by atoms with van der Waals surface area (Å²) in [5, 5.41) is 62.0. The number of rotatable bonds is 4. The van der Waals surface area contributed by atoms with Crippen molar-refractivity contribution in [1.82, 2.24) is 5.32 Å². The quantitative estimate of drug-likeness (QED) is 0.259. The first-order chi connectivity index (χ1) is 10.8. The van der Waals surface area contributed by atoms with E-state index in [1.807, 2.05) is 0 Å². The molecule has 1 aliphatic heterocycles. The van der Waals surface area contributed by atoms with Gasteiger partial charge in [-0.2, -0.15) is 0 Å². The first-order valence-corrected chi connectivity index (χ1v) is 7.47. The summed E-state index contributed by atoms with van der Waals surface area (Å²) in [6.45, 7) is 1.19. The molecule has 0 aromatic heterocycles. The van der Waals surface area contributed by atoms with Gasteiger partial charge in [0.1, 0.15) is 30.5 Å². The maximum atomic E-state index is 10.2. The minimum Gasteiger partial charge on any atom is -0.392 e. The third-order valence-corrected chi connectivity index (χ3v) is 4.47. The van der Waals surface area contributed by atoms with E-state index in [0.717, 1.165) is 0 Å². The van der Waals surface area contributed by atoms with Gasteiger partial charge in [-0.25, -0.2) is 0 Å². The number of aliphatic hydroxyl groups is 6. The molecular formula is C14H25NO8. The lowest BCUT2D eigenvalue weighted by molar-refractivity contribution is -0.265. The maximum Gasteiger partial charge on any atom is 0.186 e. The first-order valence-electron chi connectivity index (χ1n) is 7.47. The van der Waals surface area contributed by atoms with Gasteiger partial charge in [0.2, 0.25) is 0 Å². The Morgan fingerprint density at radius 1 is 1.09 bits per heavy atom. The average molecular weight is 335 g/mol. The predicted molar refractivity (Wildman–Crippen MR) is 77.3 cm³/mol. The van der Waals surface area contributed by atoms with Gasteiger partial charge in [0.05, 0.1) is 24.8 Å². The summed E-state index contributed by atoms with van der Waals surface area (Å²) in [5.41, 5.74) is 0.162. The van der Waals surface area contributed by atoms with Gasteiger partial charge in [0.25, 0.3) is 0 Å². The molecule has 9 nitrogen and oxygen atoms in total. The van der Waals surface area contributed by atoms with E-state index in [1.165, 1.54) is 13.2 Å². The Morgan fingerprint density at radius 3 is 2.30 bits per heavy atom. The summed E-state index contributed by atoms with van der Waals surface area (Å²) < 4.78 is 10.4. The highest BCUT2D eigenvalue weighted by molar-refractivity contribution is 5.22. The van der Waals surface area contributed by atoms with Gasteiger partial charge in [-0.05, 0) is 12.5 Å². The molecule has 1 aliphatic carbocycles. The summed E-state index contributed by atoms with van der Waals surface area (Å²) in [7, 11) is 1.35. The smallest absolute Gasteiger partial charge is 0.186 e. The molecular weight excluding hydrogens is 310 g/mol. The standard InChI is InChI=1S/C14H25NO8/c1-5-8(11(19)13(21)14(22-2)23-5)15-7-3-6(4-16)9(17)12(20)10(7)18/h3,5,7-21H,4H2,1-2H3. The molecule has 1 fully saturated rings. The van der Waals surface area contributed by atoms with E-state index in [9.17, 15) is 30.6 Å². The molecule has 0 amide bonds. The second-order valence-corrected chi connectivity index (χ2v) is 5.97. The van der Waals surface area contributed by atoms with Gasteiger partial charge in [0, 0.05) is 7.11 Å². The molecule has 9 heteroatoms. The van der Waals surface area contributed by atoms with Crippen LogP contribution < -0.4 is 5.32 Å². The van der Waals surface area contributed by atoms with Crippen molar-refractivity contribution in [1.29, 1.82) is 0 Å². The molecule has 2 rings (SSSR count). The van der Waals surface area contributed by atoms with Gasteiger partial charge in [-0.1, -0.05) is 6.08 Å². The van der Waals surface area contributed by atoms with Crippen molar-refractivity contribution in [3.8, 4) is 0 Å². The third kappa shape index (κ3) is 3.58. The fraction of sp³-hybridized carbons (Fsp3) is 0.857.